The highest BCUT2D eigenvalue weighted by atomic mass is 16.5. The van der Waals surface area contributed by atoms with Gasteiger partial charge >= 0.3 is 0 Å². The van der Waals surface area contributed by atoms with Gasteiger partial charge in [0.2, 0.25) is 0 Å². The van der Waals surface area contributed by atoms with Crippen molar-refractivity contribution in [1.82, 2.24) is 5.32 Å². The molecule has 3 heteroatoms. The predicted octanol–water partition coefficient (Wildman–Crippen LogP) is 2.83. The fraction of sp³-hybridized carbons (Fsp3) is 0.562. The van der Waals surface area contributed by atoms with Crippen LogP contribution in [0.4, 0.5) is 0 Å². The van der Waals surface area contributed by atoms with Crippen molar-refractivity contribution < 1.29 is 4.74 Å². The zero-order valence-electron chi connectivity index (χ0n) is 11.6. The van der Waals surface area contributed by atoms with E-state index in [2.05, 4.69) is 11.4 Å². The summed E-state index contributed by atoms with van der Waals surface area (Å²) in [6, 6.07) is 12.3. The summed E-state index contributed by atoms with van der Waals surface area (Å²) in [6.07, 6.45) is 3.82. The Morgan fingerprint density at radius 3 is 2.68 bits per heavy atom. The Hall–Kier alpha value is -1.37. The summed E-state index contributed by atoms with van der Waals surface area (Å²) in [5, 5.41) is 12.9. The van der Waals surface area contributed by atoms with Gasteiger partial charge in [-0.1, -0.05) is 50.1 Å². The molecule has 102 valence electrons. The maximum absolute atomic E-state index is 9.59. The first-order chi connectivity index (χ1) is 9.30. The molecule has 1 saturated carbocycles. The Morgan fingerprint density at radius 2 is 2.11 bits per heavy atom. The standard InChI is InChI=1S/C16H22N2O/c1-2-18-16(12-17,15-6-4-3-5-7-15)13-19-11-10-14-8-9-14/h3-7,14,18H,2,8-11,13H2,1H3. The van der Waals surface area contributed by atoms with Crippen molar-refractivity contribution in [1.29, 1.82) is 5.26 Å². The molecule has 1 atom stereocenters. The van der Waals surface area contributed by atoms with Gasteiger partial charge in [0, 0.05) is 6.61 Å². The summed E-state index contributed by atoms with van der Waals surface area (Å²) in [5.41, 5.74) is 0.255. The highest BCUT2D eigenvalue weighted by molar-refractivity contribution is 5.31. The van der Waals surface area contributed by atoms with Crippen molar-refractivity contribution >= 4 is 0 Å². The third-order valence-corrected chi connectivity index (χ3v) is 3.62. The normalized spacial score (nSPS) is 17.7. The van der Waals surface area contributed by atoms with Gasteiger partial charge in [0.15, 0.2) is 5.54 Å². The van der Waals surface area contributed by atoms with E-state index in [0.717, 1.165) is 31.1 Å². The van der Waals surface area contributed by atoms with Gasteiger partial charge in [-0.05, 0) is 24.4 Å². The molecular weight excluding hydrogens is 236 g/mol. The number of hydrogen-bond donors (Lipinski definition) is 1. The number of rotatable bonds is 8. The Bertz CT molecular complexity index is 422. The van der Waals surface area contributed by atoms with Crippen LogP contribution < -0.4 is 5.32 Å². The molecule has 1 aromatic carbocycles. The van der Waals surface area contributed by atoms with Crippen molar-refractivity contribution in [3.63, 3.8) is 0 Å². The summed E-state index contributed by atoms with van der Waals surface area (Å²) >= 11 is 0. The van der Waals surface area contributed by atoms with E-state index in [1.165, 1.54) is 12.8 Å². The maximum Gasteiger partial charge on any atom is 0.155 e. The second-order valence-electron chi connectivity index (χ2n) is 5.20. The van der Waals surface area contributed by atoms with Crippen LogP contribution in [0.25, 0.3) is 0 Å². The third kappa shape index (κ3) is 3.79. The van der Waals surface area contributed by atoms with Crippen LogP contribution in [0.1, 0.15) is 31.7 Å². The van der Waals surface area contributed by atoms with Gasteiger partial charge in [-0.25, -0.2) is 0 Å². The Labute approximate surface area is 115 Å². The van der Waals surface area contributed by atoms with Crippen LogP contribution in [0.5, 0.6) is 0 Å². The van der Waals surface area contributed by atoms with Crippen LogP contribution in [0, 0.1) is 17.2 Å². The first-order valence-corrected chi connectivity index (χ1v) is 7.10. The minimum atomic E-state index is -0.723. The van der Waals surface area contributed by atoms with E-state index in [-0.39, 0.29) is 0 Å². The van der Waals surface area contributed by atoms with Crippen molar-refractivity contribution in [3.8, 4) is 6.07 Å². The average Bonchev–Trinajstić information content (AvgIpc) is 3.27. The van der Waals surface area contributed by atoms with Crippen molar-refractivity contribution in [3.05, 3.63) is 35.9 Å². The molecule has 1 aliphatic carbocycles. The van der Waals surface area contributed by atoms with E-state index in [4.69, 9.17) is 4.74 Å². The van der Waals surface area contributed by atoms with Gasteiger partial charge in [-0.2, -0.15) is 5.26 Å². The monoisotopic (exact) mass is 258 g/mol. The van der Waals surface area contributed by atoms with Gasteiger partial charge in [0.05, 0.1) is 12.7 Å². The first-order valence-electron chi connectivity index (χ1n) is 7.10. The molecule has 19 heavy (non-hydrogen) atoms. The molecule has 3 nitrogen and oxygen atoms in total. The highest BCUT2D eigenvalue weighted by Gasteiger charge is 2.32. The van der Waals surface area contributed by atoms with E-state index in [9.17, 15) is 5.26 Å². The topological polar surface area (TPSA) is 45.0 Å². The molecule has 0 heterocycles. The minimum absolute atomic E-state index is 0.411. The molecule has 0 aromatic heterocycles. The fourth-order valence-corrected chi connectivity index (χ4v) is 2.28. The average molecular weight is 258 g/mol. The molecule has 0 amide bonds. The van der Waals surface area contributed by atoms with Gasteiger partial charge in [0.1, 0.15) is 0 Å². The lowest BCUT2D eigenvalue weighted by molar-refractivity contribution is 0.0849. The second-order valence-corrected chi connectivity index (χ2v) is 5.20. The van der Waals surface area contributed by atoms with E-state index < -0.39 is 5.54 Å². The summed E-state index contributed by atoms with van der Waals surface area (Å²) in [4.78, 5) is 0. The van der Waals surface area contributed by atoms with E-state index in [0.29, 0.717) is 6.61 Å². The maximum atomic E-state index is 9.59. The van der Waals surface area contributed by atoms with Gasteiger partial charge in [-0.3, -0.25) is 5.32 Å². The number of benzene rings is 1. The van der Waals surface area contributed by atoms with Crippen LogP contribution in [0.2, 0.25) is 0 Å². The Morgan fingerprint density at radius 1 is 1.37 bits per heavy atom. The van der Waals surface area contributed by atoms with Crippen molar-refractivity contribution in [2.24, 2.45) is 5.92 Å². The fourth-order valence-electron chi connectivity index (χ4n) is 2.28. The zero-order chi connectivity index (χ0) is 13.6. The minimum Gasteiger partial charge on any atom is -0.378 e. The SMILES string of the molecule is CCNC(C#N)(COCCC1CC1)c1ccccc1. The third-order valence-electron chi connectivity index (χ3n) is 3.62. The predicted molar refractivity (Wildman–Crippen MR) is 75.6 cm³/mol. The summed E-state index contributed by atoms with van der Waals surface area (Å²) in [6.45, 7) is 3.92. The Balaban J connectivity index is 1.98. The molecule has 0 saturated heterocycles. The summed E-state index contributed by atoms with van der Waals surface area (Å²) < 4.78 is 5.76. The number of nitrogens with one attached hydrogen (secondary N) is 1. The molecule has 2 rings (SSSR count). The van der Waals surface area contributed by atoms with Crippen molar-refractivity contribution in [2.75, 3.05) is 19.8 Å². The molecule has 1 fully saturated rings. The number of likely N-dealkylation sites (N-methyl/N-ethyl adjacent to an activating group) is 1. The van der Waals surface area contributed by atoms with Crippen molar-refractivity contribution in [2.45, 2.75) is 31.7 Å². The lowest BCUT2D eigenvalue weighted by Gasteiger charge is -2.27. The molecule has 1 aliphatic rings. The number of hydrogen-bond acceptors (Lipinski definition) is 3. The first kappa shape index (κ1) is 14.0. The zero-order valence-corrected chi connectivity index (χ0v) is 11.6. The smallest absolute Gasteiger partial charge is 0.155 e. The van der Waals surface area contributed by atoms with E-state index >= 15 is 0 Å². The lowest BCUT2D eigenvalue weighted by atomic mass is 9.92. The highest BCUT2D eigenvalue weighted by Crippen LogP contribution is 2.32. The molecule has 1 unspecified atom stereocenters. The largest absolute Gasteiger partial charge is 0.378 e. The Kier molecular flexibility index (Phi) is 4.95. The molecule has 0 spiro atoms. The van der Waals surface area contributed by atoms with E-state index in [1.807, 2.05) is 37.3 Å². The quantitative estimate of drug-likeness (QED) is 0.729. The van der Waals surface area contributed by atoms with Crippen LogP contribution in [0.15, 0.2) is 30.3 Å². The lowest BCUT2D eigenvalue weighted by Crippen LogP contribution is -2.45. The van der Waals surface area contributed by atoms with E-state index in [1.54, 1.807) is 0 Å². The van der Waals surface area contributed by atoms with Crippen LogP contribution >= 0.6 is 0 Å². The second kappa shape index (κ2) is 6.70. The van der Waals surface area contributed by atoms with Gasteiger partial charge in [0.25, 0.3) is 0 Å². The number of nitriles is 1. The van der Waals surface area contributed by atoms with Crippen LogP contribution in [-0.4, -0.2) is 19.8 Å². The van der Waals surface area contributed by atoms with Gasteiger partial charge in [-0.15, -0.1) is 0 Å². The molecule has 1 aromatic rings. The van der Waals surface area contributed by atoms with Crippen LogP contribution in [0.3, 0.4) is 0 Å². The molecule has 0 aliphatic heterocycles. The van der Waals surface area contributed by atoms with Gasteiger partial charge < -0.3 is 4.74 Å². The summed E-state index contributed by atoms with van der Waals surface area (Å²) in [5.74, 6) is 0.868. The molecular formula is C16H22N2O. The molecule has 1 N–H and O–H groups in total. The molecule has 0 radical (unpaired) electrons. The number of ether oxygens (including phenoxy) is 1. The number of nitrogens with zero attached hydrogens (tertiary/aromatic N) is 1. The summed E-state index contributed by atoms with van der Waals surface area (Å²) in [7, 11) is 0. The van der Waals surface area contributed by atoms with Crippen LogP contribution in [-0.2, 0) is 10.3 Å². The molecule has 0 bridgehead atoms.